The number of β-amino-alcohol motifs (C(OH)–C–C–N with tert-alkyl or cyclic N) is 1. The van der Waals surface area contributed by atoms with E-state index in [1.54, 1.807) is 13.0 Å². The molecule has 1 aromatic heterocycles. The van der Waals surface area contributed by atoms with E-state index in [0.29, 0.717) is 30.4 Å². The molecule has 0 aromatic carbocycles. The molecule has 21 heavy (non-hydrogen) atoms. The lowest BCUT2D eigenvalue weighted by Crippen LogP contribution is -2.44. The minimum absolute atomic E-state index is 0.237. The van der Waals surface area contributed by atoms with E-state index in [9.17, 15) is 9.90 Å². The second-order valence-electron chi connectivity index (χ2n) is 6.22. The average molecular weight is 292 g/mol. The number of nitrogens with one attached hydrogen (secondary N) is 2. The summed E-state index contributed by atoms with van der Waals surface area (Å²) in [5.74, 6) is 0.811. The van der Waals surface area contributed by atoms with Gasteiger partial charge in [-0.1, -0.05) is 13.8 Å². The molecule has 3 N–H and O–H groups in total. The molecule has 0 aliphatic carbocycles. The molecule has 0 spiro atoms. The van der Waals surface area contributed by atoms with Crippen LogP contribution in [0.3, 0.4) is 0 Å². The third-order valence-electron chi connectivity index (χ3n) is 3.54. The SMILES string of the molecule is Cc1nc(CC(C)C)cc(C(=O)NC[C@]2(O)CCNC2)n1. The molecule has 2 rings (SSSR count). The number of hydrogen-bond donors (Lipinski definition) is 3. The van der Waals surface area contributed by atoms with Crippen LogP contribution in [0.5, 0.6) is 0 Å². The maximum absolute atomic E-state index is 12.2. The molecule has 1 fully saturated rings. The highest BCUT2D eigenvalue weighted by Crippen LogP contribution is 2.13. The summed E-state index contributed by atoms with van der Waals surface area (Å²) in [5, 5.41) is 16.1. The Kier molecular flexibility index (Phi) is 4.90. The fourth-order valence-electron chi connectivity index (χ4n) is 2.49. The van der Waals surface area contributed by atoms with Gasteiger partial charge < -0.3 is 15.7 Å². The van der Waals surface area contributed by atoms with E-state index in [0.717, 1.165) is 18.7 Å². The Balaban J connectivity index is 2.02. The van der Waals surface area contributed by atoms with Gasteiger partial charge in [0.2, 0.25) is 0 Å². The van der Waals surface area contributed by atoms with Crippen LogP contribution in [-0.4, -0.2) is 46.2 Å². The summed E-state index contributed by atoms with van der Waals surface area (Å²) in [6.07, 6.45) is 1.46. The van der Waals surface area contributed by atoms with Crippen LogP contribution in [0.1, 0.15) is 42.3 Å². The monoisotopic (exact) mass is 292 g/mol. The largest absolute Gasteiger partial charge is 0.387 e. The number of amides is 1. The van der Waals surface area contributed by atoms with Crippen molar-refractivity contribution in [2.75, 3.05) is 19.6 Å². The lowest BCUT2D eigenvalue weighted by molar-refractivity contribution is 0.0560. The van der Waals surface area contributed by atoms with Crippen LogP contribution in [-0.2, 0) is 6.42 Å². The van der Waals surface area contributed by atoms with Crippen LogP contribution < -0.4 is 10.6 Å². The molecule has 0 unspecified atom stereocenters. The minimum Gasteiger partial charge on any atom is -0.387 e. The van der Waals surface area contributed by atoms with Gasteiger partial charge in [-0.25, -0.2) is 9.97 Å². The van der Waals surface area contributed by atoms with E-state index in [1.165, 1.54) is 0 Å². The quantitative estimate of drug-likeness (QED) is 0.733. The number of aryl methyl sites for hydroxylation is 1. The van der Waals surface area contributed by atoms with E-state index in [4.69, 9.17) is 0 Å². The number of carbonyl (C=O) groups is 1. The first-order valence-corrected chi connectivity index (χ1v) is 7.44. The molecule has 0 radical (unpaired) electrons. The molecule has 6 heteroatoms. The van der Waals surface area contributed by atoms with Gasteiger partial charge in [-0.15, -0.1) is 0 Å². The van der Waals surface area contributed by atoms with Crippen LogP contribution in [0.25, 0.3) is 0 Å². The molecule has 1 aliphatic heterocycles. The molecule has 116 valence electrons. The summed E-state index contributed by atoms with van der Waals surface area (Å²) < 4.78 is 0. The summed E-state index contributed by atoms with van der Waals surface area (Å²) in [6, 6.07) is 1.74. The van der Waals surface area contributed by atoms with Gasteiger partial charge in [0.05, 0.1) is 5.60 Å². The van der Waals surface area contributed by atoms with Gasteiger partial charge in [0.15, 0.2) is 0 Å². The summed E-state index contributed by atoms with van der Waals surface area (Å²) in [5.41, 5.74) is 0.398. The van der Waals surface area contributed by atoms with Crippen molar-refractivity contribution in [3.63, 3.8) is 0 Å². The Morgan fingerprint density at radius 3 is 2.90 bits per heavy atom. The van der Waals surface area contributed by atoms with Crippen LogP contribution >= 0.6 is 0 Å². The number of nitrogens with zero attached hydrogens (tertiary/aromatic N) is 2. The van der Waals surface area contributed by atoms with Crippen molar-refractivity contribution in [1.82, 2.24) is 20.6 Å². The third kappa shape index (κ3) is 4.47. The van der Waals surface area contributed by atoms with Crippen LogP contribution in [0.4, 0.5) is 0 Å². The van der Waals surface area contributed by atoms with E-state index in [-0.39, 0.29) is 12.5 Å². The van der Waals surface area contributed by atoms with Gasteiger partial charge >= 0.3 is 0 Å². The first kappa shape index (κ1) is 15.9. The lowest BCUT2D eigenvalue weighted by atomic mass is 10.0. The van der Waals surface area contributed by atoms with Crippen molar-refractivity contribution in [1.29, 1.82) is 0 Å². The number of hydrogen-bond acceptors (Lipinski definition) is 5. The van der Waals surface area contributed by atoms with Crippen molar-refractivity contribution in [3.05, 3.63) is 23.3 Å². The Morgan fingerprint density at radius 2 is 2.29 bits per heavy atom. The summed E-state index contributed by atoms with van der Waals surface area (Å²) in [6.45, 7) is 7.53. The molecular weight excluding hydrogens is 268 g/mol. The number of rotatable bonds is 5. The van der Waals surface area contributed by atoms with Crippen molar-refractivity contribution in [2.45, 2.75) is 39.2 Å². The highest BCUT2D eigenvalue weighted by atomic mass is 16.3. The van der Waals surface area contributed by atoms with Crippen LogP contribution in [0, 0.1) is 12.8 Å². The predicted octanol–water partition coefficient (Wildman–Crippen LogP) is 0.438. The maximum Gasteiger partial charge on any atom is 0.270 e. The molecule has 1 amide bonds. The van der Waals surface area contributed by atoms with Gasteiger partial charge in [0, 0.05) is 18.8 Å². The highest BCUT2D eigenvalue weighted by Gasteiger charge is 2.31. The van der Waals surface area contributed by atoms with Crippen LogP contribution in [0.2, 0.25) is 0 Å². The van der Waals surface area contributed by atoms with Crippen molar-refractivity contribution < 1.29 is 9.90 Å². The second kappa shape index (κ2) is 6.49. The standard InChI is InChI=1S/C15H24N4O2/c1-10(2)6-12-7-13(19-11(3)18-12)14(20)17-9-15(21)4-5-16-8-15/h7,10,16,21H,4-6,8-9H2,1-3H3,(H,17,20)/t15-/m0/s1. The molecule has 2 heterocycles. The molecule has 1 atom stereocenters. The zero-order valence-corrected chi connectivity index (χ0v) is 12.9. The van der Waals surface area contributed by atoms with Gasteiger partial charge in [-0.3, -0.25) is 4.79 Å². The first-order valence-electron chi connectivity index (χ1n) is 7.44. The normalized spacial score (nSPS) is 21.8. The average Bonchev–Trinajstić information content (AvgIpc) is 2.82. The van der Waals surface area contributed by atoms with Crippen LogP contribution in [0.15, 0.2) is 6.07 Å². The lowest BCUT2D eigenvalue weighted by Gasteiger charge is -2.21. The molecule has 1 aliphatic rings. The fraction of sp³-hybridized carbons (Fsp3) is 0.667. The van der Waals surface area contributed by atoms with Gasteiger partial charge in [-0.05, 0) is 38.3 Å². The number of carbonyl (C=O) groups excluding carboxylic acids is 1. The predicted molar refractivity (Wildman–Crippen MR) is 80.1 cm³/mol. The Hall–Kier alpha value is -1.53. The fourth-order valence-corrected chi connectivity index (χ4v) is 2.49. The van der Waals surface area contributed by atoms with Crippen molar-refractivity contribution >= 4 is 5.91 Å². The number of aliphatic hydroxyl groups is 1. The Labute approximate surface area is 125 Å². The molecule has 6 nitrogen and oxygen atoms in total. The van der Waals surface area contributed by atoms with Gasteiger partial charge in [-0.2, -0.15) is 0 Å². The minimum atomic E-state index is -0.849. The van der Waals surface area contributed by atoms with E-state index in [2.05, 4.69) is 34.4 Å². The van der Waals surface area contributed by atoms with Crippen molar-refractivity contribution in [2.24, 2.45) is 5.92 Å². The Morgan fingerprint density at radius 1 is 1.52 bits per heavy atom. The van der Waals surface area contributed by atoms with E-state index >= 15 is 0 Å². The van der Waals surface area contributed by atoms with Gasteiger partial charge in [0.1, 0.15) is 11.5 Å². The Bertz CT molecular complexity index is 510. The zero-order chi connectivity index (χ0) is 15.5. The zero-order valence-electron chi connectivity index (χ0n) is 12.9. The highest BCUT2D eigenvalue weighted by molar-refractivity contribution is 5.92. The van der Waals surface area contributed by atoms with E-state index in [1.807, 2.05) is 0 Å². The van der Waals surface area contributed by atoms with Crippen molar-refractivity contribution in [3.8, 4) is 0 Å². The molecule has 1 aromatic rings. The summed E-state index contributed by atoms with van der Waals surface area (Å²) in [7, 11) is 0. The van der Waals surface area contributed by atoms with Gasteiger partial charge in [0.25, 0.3) is 5.91 Å². The van der Waals surface area contributed by atoms with E-state index < -0.39 is 5.60 Å². The summed E-state index contributed by atoms with van der Waals surface area (Å²) >= 11 is 0. The topological polar surface area (TPSA) is 87.1 Å². The number of aromatic nitrogens is 2. The smallest absolute Gasteiger partial charge is 0.270 e. The maximum atomic E-state index is 12.2. The molecule has 0 saturated carbocycles. The molecular formula is C15H24N4O2. The molecule has 1 saturated heterocycles. The third-order valence-corrected chi connectivity index (χ3v) is 3.54. The second-order valence-corrected chi connectivity index (χ2v) is 6.22. The molecule has 0 bridgehead atoms. The summed E-state index contributed by atoms with van der Waals surface area (Å²) in [4.78, 5) is 20.7. The first-order chi connectivity index (χ1) is 9.88.